The maximum atomic E-state index is 6.49. The number of furan rings is 1. The zero-order valence-corrected chi connectivity index (χ0v) is 17.4. The molecule has 0 amide bonds. The summed E-state index contributed by atoms with van der Waals surface area (Å²) in [5.74, 6) is 0. The van der Waals surface area contributed by atoms with E-state index in [9.17, 15) is 0 Å². The van der Waals surface area contributed by atoms with E-state index in [1.807, 2.05) is 18.2 Å². The first-order chi connectivity index (χ1) is 16.4. The first kappa shape index (κ1) is 17.0. The summed E-state index contributed by atoms with van der Waals surface area (Å²) in [7, 11) is 0. The fraction of sp³-hybridized carbons (Fsp3) is 0. The number of oxazole rings is 1. The fourth-order valence-electron chi connectivity index (χ4n) is 5.30. The lowest BCUT2D eigenvalue weighted by atomic mass is 10.0. The van der Waals surface area contributed by atoms with Gasteiger partial charge in [-0.1, -0.05) is 54.6 Å². The van der Waals surface area contributed by atoms with Crippen molar-refractivity contribution in [3.8, 4) is 5.69 Å². The maximum Gasteiger partial charge on any atom is 0.181 e. The summed E-state index contributed by atoms with van der Waals surface area (Å²) < 4.78 is 14.4. The second kappa shape index (κ2) is 6.02. The molecule has 0 aliphatic rings. The molecule has 154 valence electrons. The third kappa shape index (κ3) is 2.17. The highest BCUT2D eigenvalue weighted by atomic mass is 16.3. The molecule has 33 heavy (non-hydrogen) atoms. The van der Waals surface area contributed by atoms with E-state index in [1.165, 1.54) is 27.9 Å². The zero-order valence-electron chi connectivity index (χ0n) is 17.4. The molecule has 3 aromatic heterocycles. The summed E-state index contributed by atoms with van der Waals surface area (Å²) >= 11 is 0. The topological polar surface area (TPSA) is 44.1 Å². The highest BCUT2D eigenvalue weighted by molar-refractivity contribution is 6.27. The highest BCUT2D eigenvalue weighted by Gasteiger charge is 2.20. The van der Waals surface area contributed by atoms with Crippen LogP contribution in [0.1, 0.15) is 0 Å². The van der Waals surface area contributed by atoms with Crippen LogP contribution in [0.25, 0.3) is 71.3 Å². The minimum atomic E-state index is 0.764. The summed E-state index contributed by atoms with van der Waals surface area (Å²) in [5.41, 5.74) is 6.62. The first-order valence-corrected chi connectivity index (χ1v) is 11.0. The van der Waals surface area contributed by atoms with Crippen LogP contribution in [0.5, 0.6) is 0 Å². The number of fused-ring (bicyclic) bond motifs is 10. The van der Waals surface area contributed by atoms with Gasteiger partial charge < -0.3 is 13.4 Å². The summed E-state index contributed by atoms with van der Waals surface area (Å²) in [6.45, 7) is 0. The van der Waals surface area contributed by atoms with E-state index in [1.54, 1.807) is 0 Å². The maximum absolute atomic E-state index is 6.49. The van der Waals surface area contributed by atoms with Crippen molar-refractivity contribution < 1.29 is 8.83 Å². The molecule has 0 spiro atoms. The number of hydrogen-bond donors (Lipinski definition) is 0. The fourth-order valence-corrected chi connectivity index (χ4v) is 5.30. The Balaban J connectivity index is 1.66. The molecule has 4 heteroatoms. The standard InChI is InChI=1S/C29H16N2O2/c1-2-6-19-17(5-1)9-14-24-27(19)22-12-11-21-20-7-3-4-8-25(20)33-29(21)28(22)31(24)18-10-13-23-26(15-18)32-16-30-23/h1-16H. The number of para-hydroxylation sites is 1. The predicted molar refractivity (Wildman–Crippen MR) is 133 cm³/mol. The van der Waals surface area contributed by atoms with E-state index < -0.39 is 0 Å². The molecule has 0 radical (unpaired) electrons. The van der Waals surface area contributed by atoms with Crippen LogP contribution in [-0.4, -0.2) is 9.55 Å². The first-order valence-electron chi connectivity index (χ1n) is 11.0. The Morgan fingerprint density at radius 2 is 1.52 bits per heavy atom. The molecule has 3 heterocycles. The number of hydrogen-bond acceptors (Lipinski definition) is 3. The van der Waals surface area contributed by atoms with Crippen molar-refractivity contribution in [3.05, 3.63) is 97.4 Å². The van der Waals surface area contributed by atoms with Gasteiger partial charge in [0, 0.05) is 27.6 Å². The van der Waals surface area contributed by atoms with Crippen LogP contribution >= 0.6 is 0 Å². The van der Waals surface area contributed by atoms with Gasteiger partial charge in [0.1, 0.15) is 11.1 Å². The van der Waals surface area contributed by atoms with Gasteiger partial charge in [0.25, 0.3) is 0 Å². The zero-order chi connectivity index (χ0) is 21.5. The van der Waals surface area contributed by atoms with Crippen molar-refractivity contribution in [2.75, 3.05) is 0 Å². The average Bonchev–Trinajstić information content (AvgIpc) is 3.56. The normalized spacial score (nSPS) is 12.2. The van der Waals surface area contributed by atoms with Crippen molar-refractivity contribution >= 4 is 65.6 Å². The quantitative estimate of drug-likeness (QED) is 0.268. The lowest BCUT2D eigenvalue weighted by molar-refractivity contribution is 0.602. The second-order valence-corrected chi connectivity index (χ2v) is 8.46. The van der Waals surface area contributed by atoms with Gasteiger partial charge in [-0.2, -0.15) is 0 Å². The van der Waals surface area contributed by atoms with E-state index in [0.717, 1.165) is 49.8 Å². The summed E-state index contributed by atoms with van der Waals surface area (Å²) in [6, 6.07) is 31.8. The van der Waals surface area contributed by atoms with Crippen molar-refractivity contribution in [1.29, 1.82) is 0 Å². The molecule has 8 aromatic rings. The van der Waals surface area contributed by atoms with Crippen LogP contribution in [0.4, 0.5) is 0 Å². The molecule has 0 bridgehead atoms. The van der Waals surface area contributed by atoms with Crippen molar-refractivity contribution in [3.63, 3.8) is 0 Å². The molecule has 0 unspecified atom stereocenters. The number of benzene rings is 5. The molecule has 0 atom stereocenters. The van der Waals surface area contributed by atoms with Crippen LogP contribution in [0.2, 0.25) is 0 Å². The van der Waals surface area contributed by atoms with Crippen LogP contribution in [-0.2, 0) is 0 Å². The summed E-state index contributed by atoms with van der Waals surface area (Å²) in [4.78, 5) is 4.29. The lowest BCUT2D eigenvalue weighted by Gasteiger charge is -2.08. The minimum Gasteiger partial charge on any atom is -0.454 e. The predicted octanol–water partition coefficient (Wildman–Crippen LogP) is 7.98. The number of nitrogens with zero attached hydrogens (tertiary/aromatic N) is 2. The van der Waals surface area contributed by atoms with Gasteiger partial charge in [-0.15, -0.1) is 0 Å². The van der Waals surface area contributed by atoms with Crippen LogP contribution in [0.3, 0.4) is 0 Å². The van der Waals surface area contributed by atoms with Crippen LogP contribution in [0, 0.1) is 0 Å². The Labute approximate surface area is 187 Å². The summed E-state index contributed by atoms with van der Waals surface area (Å²) in [6.07, 6.45) is 1.49. The van der Waals surface area contributed by atoms with Gasteiger partial charge in [0.15, 0.2) is 17.6 Å². The Morgan fingerprint density at radius 3 is 2.48 bits per heavy atom. The molecule has 0 N–H and O–H groups in total. The molecule has 0 saturated heterocycles. The molecule has 5 aromatic carbocycles. The van der Waals surface area contributed by atoms with Crippen LogP contribution < -0.4 is 0 Å². The molecule has 0 aliphatic carbocycles. The third-order valence-electron chi connectivity index (χ3n) is 6.73. The Morgan fingerprint density at radius 1 is 0.667 bits per heavy atom. The Bertz CT molecular complexity index is 2040. The second-order valence-electron chi connectivity index (χ2n) is 8.46. The summed E-state index contributed by atoms with van der Waals surface area (Å²) in [5, 5.41) is 7.09. The SMILES string of the molecule is c1ccc2c(c1)ccc1c2c2ccc3c4ccccc4oc3c2n1-c1ccc2ncoc2c1. The van der Waals surface area contributed by atoms with E-state index in [0.29, 0.717) is 0 Å². The highest BCUT2D eigenvalue weighted by Crippen LogP contribution is 2.42. The van der Waals surface area contributed by atoms with Gasteiger partial charge in [-0.25, -0.2) is 4.98 Å². The monoisotopic (exact) mass is 424 g/mol. The molecule has 0 saturated carbocycles. The Hall–Kier alpha value is -4.57. The van der Waals surface area contributed by atoms with Crippen molar-refractivity contribution in [2.24, 2.45) is 0 Å². The van der Waals surface area contributed by atoms with E-state index >= 15 is 0 Å². The smallest absolute Gasteiger partial charge is 0.181 e. The van der Waals surface area contributed by atoms with Gasteiger partial charge in [0.2, 0.25) is 0 Å². The number of aromatic nitrogens is 2. The van der Waals surface area contributed by atoms with E-state index in [4.69, 9.17) is 8.83 Å². The Kier molecular flexibility index (Phi) is 3.11. The molecule has 0 aliphatic heterocycles. The van der Waals surface area contributed by atoms with Gasteiger partial charge >= 0.3 is 0 Å². The lowest BCUT2D eigenvalue weighted by Crippen LogP contribution is -1.94. The number of rotatable bonds is 1. The van der Waals surface area contributed by atoms with Crippen LogP contribution in [0.15, 0.2) is 106 Å². The average molecular weight is 424 g/mol. The molecule has 4 nitrogen and oxygen atoms in total. The van der Waals surface area contributed by atoms with Gasteiger partial charge in [-0.05, 0) is 41.1 Å². The molecular formula is C29H16N2O2. The molecule has 0 fully saturated rings. The van der Waals surface area contributed by atoms with Gasteiger partial charge in [-0.3, -0.25) is 0 Å². The molecular weight excluding hydrogens is 408 g/mol. The van der Waals surface area contributed by atoms with Crippen molar-refractivity contribution in [2.45, 2.75) is 0 Å². The van der Waals surface area contributed by atoms with Gasteiger partial charge in [0.05, 0.1) is 16.7 Å². The molecule has 8 rings (SSSR count). The third-order valence-corrected chi connectivity index (χ3v) is 6.73. The minimum absolute atomic E-state index is 0.764. The van der Waals surface area contributed by atoms with E-state index in [-0.39, 0.29) is 0 Å². The largest absolute Gasteiger partial charge is 0.454 e. The van der Waals surface area contributed by atoms with Crippen molar-refractivity contribution in [1.82, 2.24) is 9.55 Å². The van der Waals surface area contributed by atoms with E-state index in [2.05, 4.69) is 82.3 Å².